The monoisotopic (exact) mass is 268 g/mol. The van der Waals surface area contributed by atoms with Gasteiger partial charge in [-0.15, -0.1) is 0 Å². The molecule has 0 aliphatic rings. The second-order valence-electron chi connectivity index (χ2n) is 4.12. The van der Waals surface area contributed by atoms with E-state index in [1.165, 1.54) is 0 Å². The summed E-state index contributed by atoms with van der Waals surface area (Å²) in [5.74, 6) is -2.70. The van der Waals surface area contributed by atoms with Gasteiger partial charge in [-0.05, 0) is 11.1 Å². The summed E-state index contributed by atoms with van der Waals surface area (Å²) in [7, 11) is 0. The molecule has 2 rings (SSSR count). The summed E-state index contributed by atoms with van der Waals surface area (Å²) in [6.45, 7) is -0.0344. The Morgan fingerprint density at radius 2 is 1.30 bits per heavy atom. The minimum Gasteiger partial charge on any atom is -0.390 e. The number of esters is 1. The molecule has 0 bridgehead atoms. The van der Waals surface area contributed by atoms with Crippen LogP contribution in [0.3, 0.4) is 0 Å². The molecule has 4 nitrogen and oxygen atoms in total. The van der Waals surface area contributed by atoms with Crippen molar-refractivity contribution in [1.29, 1.82) is 0 Å². The van der Waals surface area contributed by atoms with Gasteiger partial charge in [0.2, 0.25) is 0 Å². The Kier molecular flexibility index (Phi) is 4.39. The molecule has 0 heterocycles. The van der Waals surface area contributed by atoms with E-state index >= 15 is 0 Å². The van der Waals surface area contributed by atoms with Crippen LogP contribution in [0.4, 0.5) is 0 Å². The largest absolute Gasteiger partial charge is 0.390 e. The summed E-state index contributed by atoms with van der Waals surface area (Å²) in [4.78, 5) is 33.9. The van der Waals surface area contributed by atoms with Crippen molar-refractivity contribution in [2.24, 2.45) is 0 Å². The molecule has 100 valence electrons. The molecule has 0 saturated carbocycles. The van der Waals surface area contributed by atoms with E-state index in [0.717, 1.165) is 0 Å². The third-order valence-electron chi connectivity index (χ3n) is 2.88. The van der Waals surface area contributed by atoms with Gasteiger partial charge in [0, 0.05) is 0 Å². The smallest absolute Gasteiger partial charge is 0.383 e. The maximum absolute atomic E-state index is 12.2. The molecule has 0 atom stereocenters. The van der Waals surface area contributed by atoms with Crippen molar-refractivity contribution in [2.45, 2.75) is 5.92 Å². The summed E-state index contributed by atoms with van der Waals surface area (Å²) in [6, 6.07) is 17.8. The van der Waals surface area contributed by atoms with Gasteiger partial charge in [0.15, 0.2) is 0 Å². The molecule has 2 aromatic rings. The first kappa shape index (κ1) is 13.7. The Bertz CT molecular complexity index is 565. The number of rotatable bonds is 5. The molecule has 2 aromatic carbocycles. The third-order valence-corrected chi connectivity index (χ3v) is 2.88. The van der Waals surface area contributed by atoms with Crippen LogP contribution in [0.15, 0.2) is 60.7 Å². The lowest BCUT2D eigenvalue weighted by Gasteiger charge is -2.15. The number of hydrogen-bond donors (Lipinski definition) is 0. The fourth-order valence-corrected chi connectivity index (χ4v) is 2.01. The van der Waals surface area contributed by atoms with E-state index < -0.39 is 17.7 Å². The van der Waals surface area contributed by atoms with E-state index in [4.69, 9.17) is 0 Å². The molecule has 4 heteroatoms. The summed E-state index contributed by atoms with van der Waals surface area (Å²) in [6.07, 6.45) is 0. The average molecular weight is 268 g/mol. The van der Waals surface area contributed by atoms with E-state index in [1.807, 2.05) is 12.1 Å². The number of carbonyl (C=O) groups is 3. The summed E-state index contributed by atoms with van der Waals surface area (Å²) < 4.78 is 4.16. The summed E-state index contributed by atoms with van der Waals surface area (Å²) in [5, 5.41) is 0. The van der Waals surface area contributed by atoms with Crippen molar-refractivity contribution in [2.75, 3.05) is 0 Å². The first-order valence-electron chi connectivity index (χ1n) is 6.02. The van der Waals surface area contributed by atoms with Gasteiger partial charge in [0.25, 0.3) is 5.78 Å². The molecule has 0 N–H and O–H groups in total. The zero-order chi connectivity index (χ0) is 14.4. The minimum atomic E-state index is -1.15. The Morgan fingerprint density at radius 3 is 1.70 bits per heavy atom. The third kappa shape index (κ3) is 2.98. The summed E-state index contributed by atoms with van der Waals surface area (Å²) >= 11 is 0. The van der Waals surface area contributed by atoms with Gasteiger partial charge >= 0.3 is 12.4 Å². The lowest BCUT2D eigenvalue weighted by molar-refractivity contribution is -0.158. The molecule has 0 spiro atoms. The van der Waals surface area contributed by atoms with Crippen LogP contribution in [0.25, 0.3) is 0 Å². The quantitative estimate of drug-likeness (QED) is 0.360. The molecular weight excluding hydrogens is 256 g/mol. The maximum Gasteiger partial charge on any atom is 0.383 e. The predicted molar refractivity (Wildman–Crippen MR) is 71.9 cm³/mol. The zero-order valence-electron chi connectivity index (χ0n) is 10.6. The van der Waals surface area contributed by atoms with E-state index in [2.05, 4.69) is 4.74 Å². The minimum absolute atomic E-state index is 0.0344. The van der Waals surface area contributed by atoms with Gasteiger partial charge in [-0.2, -0.15) is 0 Å². The van der Waals surface area contributed by atoms with Crippen LogP contribution in [-0.2, 0) is 19.1 Å². The highest BCUT2D eigenvalue weighted by molar-refractivity contribution is 6.37. The summed E-state index contributed by atoms with van der Waals surface area (Å²) in [5.41, 5.74) is 1.35. The fraction of sp³-hybridized carbons (Fsp3) is 0.0625. The van der Waals surface area contributed by atoms with Gasteiger partial charge in [-0.25, -0.2) is 4.79 Å². The lowest BCUT2D eigenvalue weighted by Crippen LogP contribution is -2.25. The van der Waals surface area contributed by atoms with Gasteiger partial charge in [-0.3, -0.25) is 9.59 Å². The van der Waals surface area contributed by atoms with Gasteiger partial charge in [-0.1, -0.05) is 60.7 Å². The maximum atomic E-state index is 12.2. The van der Waals surface area contributed by atoms with Crippen LogP contribution < -0.4 is 0 Å². The van der Waals surface area contributed by atoms with Gasteiger partial charge in [0.05, 0.1) is 5.92 Å². The number of ether oxygens (including phenoxy) is 1. The molecule has 0 amide bonds. The van der Waals surface area contributed by atoms with Crippen LogP contribution in [0.1, 0.15) is 17.0 Å². The second-order valence-corrected chi connectivity index (χ2v) is 4.12. The van der Waals surface area contributed by atoms with Crippen molar-refractivity contribution in [1.82, 2.24) is 0 Å². The Hall–Kier alpha value is -2.75. The number of Topliss-reactive ketones (excluding diaryl/α,β-unsaturated/α-hetero) is 1. The SMILES string of the molecule is O=COC(=O)C(=O)C(c1ccccc1)c1ccccc1. The first-order valence-corrected chi connectivity index (χ1v) is 6.02. The number of ketones is 1. The Morgan fingerprint density at radius 1 is 0.850 bits per heavy atom. The molecule has 20 heavy (non-hydrogen) atoms. The van der Waals surface area contributed by atoms with Crippen molar-refractivity contribution in [3.8, 4) is 0 Å². The second kappa shape index (κ2) is 6.43. The van der Waals surface area contributed by atoms with Crippen LogP contribution >= 0.6 is 0 Å². The molecule has 0 saturated heterocycles. The van der Waals surface area contributed by atoms with Crippen LogP contribution in [-0.4, -0.2) is 18.2 Å². The van der Waals surface area contributed by atoms with Crippen molar-refractivity contribution in [3.05, 3.63) is 71.8 Å². The molecule has 0 fully saturated rings. The van der Waals surface area contributed by atoms with Crippen molar-refractivity contribution >= 4 is 18.2 Å². The predicted octanol–water partition coefficient (Wildman–Crippen LogP) is 2.09. The van der Waals surface area contributed by atoms with Crippen molar-refractivity contribution < 1.29 is 19.1 Å². The van der Waals surface area contributed by atoms with E-state index in [0.29, 0.717) is 11.1 Å². The molecule has 0 aromatic heterocycles. The standard InChI is InChI=1S/C16H12O4/c17-11-20-16(19)15(18)14(12-7-3-1-4-8-12)13-9-5-2-6-10-13/h1-11,14H. The lowest BCUT2D eigenvalue weighted by atomic mass is 9.88. The van der Waals surface area contributed by atoms with E-state index in [9.17, 15) is 14.4 Å². The molecule has 0 radical (unpaired) electrons. The fourth-order valence-electron chi connectivity index (χ4n) is 2.01. The number of hydrogen-bond acceptors (Lipinski definition) is 4. The van der Waals surface area contributed by atoms with Crippen LogP contribution in [0, 0.1) is 0 Å². The molecule has 0 aliphatic carbocycles. The number of carbonyl (C=O) groups excluding carboxylic acids is 3. The molecule has 0 unspecified atom stereocenters. The van der Waals surface area contributed by atoms with Gasteiger partial charge in [0.1, 0.15) is 0 Å². The Labute approximate surface area is 116 Å². The molecular formula is C16H12O4. The highest BCUT2D eigenvalue weighted by Crippen LogP contribution is 2.25. The Balaban J connectivity index is 2.43. The van der Waals surface area contributed by atoms with Crippen molar-refractivity contribution in [3.63, 3.8) is 0 Å². The first-order chi connectivity index (χ1) is 9.74. The zero-order valence-corrected chi connectivity index (χ0v) is 10.6. The average Bonchev–Trinajstić information content (AvgIpc) is 2.50. The van der Waals surface area contributed by atoms with Gasteiger partial charge < -0.3 is 4.74 Å². The van der Waals surface area contributed by atoms with E-state index in [1.54, 1.807) is 48.5 Å². The highest BCUT2D eigenvalue weighted by atomic mass is 16.6. The molecule has 0 aliphatic heterocycles. The van der Waals surface area contributed by atoms with Crippen LogP contribution in [0.2, 0.25) is 0 Å². The normalized spacial score (nSPS) is 10.1. The number of benzene rings is 2. The van der Waals surface area contributed by atoms with Crippen LogP contribution in [0.5, 0.6) is 0 Å². The van der Waals surface area contributed by atoms with E-state index in [-0.39, 0.29) is 6.47 Å². The highest BCUT2D eigenvalue weighted by Gasteiger charge is 2.29. The topological polar surface area (TPSA) is 60.4 Å².